The molecule has 1 atom stereocenters. The Balaban J connectivity index is 1.71. The van der Waals surface area contributed by atoms with E-state index in [9.17, 15) is 14.0 Å². The molecule has 1 heterocycles. The zero-order valence-corrected chi connectivity index (χ0v) is 21.5. The van der Waals surface area contributed by atoms with E-state index in [1.54, 1.807) is 12.1 Å². The van der Waals surface area contributed by atoms with E-state index in [1.807, 2.05) is 30.3 Å². The molecule has 1 aliphatic rings. The van der Waals surface area contributed by atoms with Crippen LogP contribution in [0.4, 0.5) is 9.18 Å². The number of benzene rings is 2. The van der Waals surface area contributed by atoms with Crippen LogP contribution in [-0.4, -0.2) is 37.5 Å². The molecule has 2 aromatic carbocycles. The number of carbonyl (C=O) groups is 2. The number of hydrogen-bond acceptors (Lipinski definition) is 5. The number of amides is 2. The van der Waals surface area contributed by atoms with E-state index < -0.39 is 20.5 Å². The van der Waals surface area contributed by atoms with E-state index in [0.29, 0.717) is 18.6 Å². The highest BCUT2D eigenvalue weighted by molar-refractivity contribution is 6.74. The summed E-state index contributed by atoms with van der Waals surface area (Å²) in [5.74, 6) is -0.622. The first-order valence-corrected chi connectivity index (χ1v) is 14.5. The molecule has 0 aliphatic carbocycles. The maximum Gasteiger partial charge on any atom is 0.417 e. The van der Waals surface area contributed by atoms with Gasteiger partial charge >= 0.3 is 6.09 Å². The highest BCUT2D eigenvalue weighted by Crippen LogP contribution is 2.37. The molecule has 1 aliphatic heterocycles. The summed E-state index contributed by atoms with van der Waals surface area (Å²) in [5.41, 5.74) is 2.26. The van der Waals surface area contributed by atoms with Crippen LogP contribution in [0, 0.1) is 5.82 Å². The second-order valence-corrected chi connectivity index (χ2v) is 14.7. The third-order valence-electron chi connectivity index (χ3n) is 6.50. The lowest BCUT2D eigenvalue weighted by molar-refractivity contribution is -0.129. The van der Waals surface area contributed by atoms with E-state index in [1.165, 1.54) is 17.0 Å². The molecule has 1 fully saturated rings. The van der Waals surface area contributed by atoms with Crippen molar-refractivity contribution in [1.29, 1.82) is 0 Å². The van der Waals surface area contributed by atoms with Gasteiger partial charge in [0.15, 0.2) is 0 Å². The summed E-state index contributed by atoms with van der Waals surface area (Å²) in [5, 5.41) is 4.45. The van der Waals surface area contributed by atoms with Crippen molar-refractivity contribution in [3.8, 4) is 0 Å². The number of nitrogens with zero attached hydrogens (tertiary/aromatic N) is 2. The fraction of sp³-hybridized carbons (Fsp3) is 0.423. The Labute approximate surface area is 201 Å². The van der Waals surface area contributed by atoms with Gasteiger partial charge in [0.1, 0.15) is 18.5 Å². The highest BCUT2D eigenvalue weighted by Gasteiger charge is 2.40. The average Bonchev–Trinajstić information content (AvgIpc) is 3.18. The predicted molar refractivity (Wildman–Crippen MR) is 132 cm³/mol. The lowest BCUT2D eigenvalue weighted by atomic mass is 10.0. The fourth-order valence-electron chi connectivity index (χ4n) is 3.34. The van der Waals surface area contributed by atoms with Crippen molar-refractivity contribution in [3.05, 3.63) is 71.5 Å². The van der Waals surface area contributed by atoms with Crippen LogP contribution in [0.2, 0.25) is 18.1 Å². The van der Waals surface area contributed by atoms with Gasteiger partial charge in [0.05, 0.1) is 5.71 Å². The zero-order valence-electron chi connectivity index (χ0n) is 20.5. The molecule has 8 heteroatoms. The summed E-state index contributed by atoms with van der Waals surface area (Å²) in [7, 11) is -2.15. The Morgan fingerprint density at radius 2 is 1.76 bits per heavy atom. The average molecular weight is 485 g/mol. The lowest BCUT2D eigenvalue weighted by Gasteiger charge is -2.33. The third-order valence-corrected chi connectivity index (χ3v) is 10.7. The SMILES string of the molecule is CC(C)(C)[Si](C)(C)ON=C(CCCC(=O)N1C(=O)OC[C@@H]1c1ccccc1)c1ccc(F)cc1. The van der Waals surface area contributed by atoms with Crippen molar-refractivity contribution in [2.45, 2.75) is 64.2 Å². The molecule has 182 valence electrons. The largest absolute Gasteiger partial charge is 0.455 e. The van der Waals surface area contributed by atoms with E-state index in [4.69, 9.17) is 9.26 Å². The number of ether oxygens (including phenoxy) is 1. The molecule has 1 saturated heterocycles. The number of cyclic esters (lactones) is 1. The molecule has 3 rings (SSSR count). The van der Waals surface area contributed by atoms with Gasteiger partial charge in [-0.25, -0.2) is 14.1 Å². The molecular weight excluding hydrogens is 451 g/mol. The molecule has 6 nitrogen and oxygen atoms in total. The van der Waals surface area contributed by atoms with E-state index >= 15 is 0 Å². The minimum Gasteiger partial charge on any atom is -0.455 e. The second kappa shape index (κ2) is 10.5. The summed E-state index contributed by atoms with van der Waals surface area (Å²) in [6.07, 6.45) is 0.442. The van der Waals surface area contributed by atoms with Gasteiger partial charge in [-0.1, -0.05) is 63.2 Å². The number of imide groups is 1. The number of carbonyl (C=O) groups excluding carboxylic acids is 2. The van der Waals surface area contributed by atoms with Crippen LogP contribution in [0.1, 0.15) is 57.2 Å². The van der Waals surface area contributed by atoms with E-state index in [-0.39, 0.29) is 29.8 Å². The normalized spacial score (nSPS) is 17.0. The molecule has 0 unspecified atom stereocenters. The van der Waals surface area contributed by atoms with Gasteiger partial charge in [-0.05, 0) is 54.2 Å². The minimum absolute atomic E-state index is 0.0249. The standard InChI is InChI=1S/C26H33FN2O4Si/c1-26(2,3)34(4,5)33-28-22(19-14-16-21(27)17-15-19)12-9-13-24(30)29-23(18-32-25(29)31)20-10-7-6-8-11-20/h6-8,10-11,14-17,23H,9,12-13,18H2,1-5H3/t23-/m1/s1. The summed E-state index contributed by atoms with van der Waals surface area (Å²) < 4.78 is 24.7. The van der Waals surface area contributed by atoms with Gasteiger partial charge in [-0.2, -0.15) is 0 Å². The quantitative estimate of drug-likeness (QED) is 0.246. The molecule has 0 spiro atoms. The molecule has 2 amide bonds. The van der Waals surface area contributed by atoms with Crippen LogP contribution in [0.15, 0.2) is 59.8 Å². The van der Waals surface area contributed by atoms with Crippen molar-refractivity contribution >= 4 is 26.0 Å². The summed E-state index contributed by atoms with van der Waals surface area (Å²) in [6, 6.07) is 15.0. The Hall–Kier alpha value is -3.00. The van der Waals surface area contributed by atoms with Gasteiger partial charge in [-0.15, -0.1) is 5.16 Å². The molecule has 0 radical (unpaired) electrons. The fourth-order valence-corrected chi connectivity index (χ4v) is 3.95. The van der Waals surface area contributed by atoms with E-state index in [0.717, 1.165) is 11.1 Å². The molecule has 34 heavy (non-hydrogen) atoms. The molecule has 0 aromatic heterocycles. The summed E-state index contributed by atoms with van der Waals surface area (Å²) in [4.78, 5) is 26.4. The van der Waals surface area contributed by atoms with Gasteiger partial charge in [0.25, 0.3) is 8.32 Å². The number of rotatable bonds is 8. The van der Waals surface area contributed by atoms with Gasteiger partial charge in [0, 0.05) is 6.42 Å². The van der Waals surface area contributed by atoms with Crippen molar-refractivity contribution in [2.75, 3.05) is 6.61 Å². The first kappa shape index (κ1) is 25.6. The van der Waals surface area contributed by atoms with Crippen LogP contribution in [0.3, 0.4) is 0 Å². The van der Waals surface area contributed by atoms with Crippen LogP contribution < -0.4 is 0 Å². The Kier molecular flexibility index (Phi) is 7.92. The minimum atomic E-state index is -2.15. The summed E-state index contributed by atoms with van der Waals surface area (Å²) >= 11 is 0. The van der Waals surface area contributed by atoms with E-state index in [2.05, 4.69) is 39.0 Å². The number of hydrogen-bond donors (Lipinski definition) is 0. The van der Waals surface area contributed by atoms with Gasteiger partial charge in [0.2, 0.25) is 5.91 Å². The van der Waals surface area contributed by atoms with Crippen molar-refractivity contribution in [3.63, 3.8) is 0 Å². The Morgan fingerprint density at radius 1 is 1.12 bits per heavy atom. The Bertz CT molecular complexity index is 1030. The predicted octanol–water partition coefficient (Wildman–Crippen LogP) is 6.44. The second-order valence-electron chi connectivity index (χ2n) is 10.0. The maximum atomic E-state index is 13.5. The van der Waals surface area contributed by atoms with Gasteiger partial charge in [-0.3, -0.25) is 4.79 Å². The van der Waals surface area contributed by atoms with Crippen LogP contribution >= 0.6 is 0 Å². The molecule has 0 N–H and O–H groups in total. The molecular formula is C26H33FN2O4Si. The molecule has 2 aromatic rings. The first-order chi connectivity index (χ1) is 16.0. The van der Waals surface area contributed by atoms with Crippen LogP contribution in [-0.2, 0) is 14.1 Å². The number of oxime groups is 1. The third kappa shape index (κ3) is 6.11. The number of halogens is 1. The summed E-state index contributed by atoms with van der Waals surface area (Å²) in [6.45, 7) is 10.7. The zero-order chi connectivity index (χ0) is 24.9. The van der Waals surface area contributed by atoms with Crippen LogP contribution in [0.5, 0.6) is 0 Å². The Morgan fingerprint density at radius 3 is 2.38 bits per heavy atom. The van der Waals surface area contributed by atoms with Crippen molar-refractivity contribution < 1.29 is 23.2 Å². The van der Waals surface area contributed by atoms with Crippen LogP contribution in [0.25, 0.3) is 0 Å². The first-order valence-electron chi connectivity index (χ1n) is 11.5. The highest BCUT2D eigenvalue weighted by atomic mass is 28.4. The maximum absolute atomic E-state index is 13.5. The monoisotopic (exact) mass is 484 g/mol. The molecule has 0 saturated carbocycles. The van der Waals surface area contributed by atoms with Gasteiger partial charge < -0.3 is 9.26 Å². The van der Waals surface area contributed by atoms with Crippen molar-refractivity contribution in [1.82, 2.24) is 4.90 Å². The lowest BCUT2D eigenvalue weighted by Crippen LogP contribution is -2.39. The van der Waals surface area contributed by atoms with Crippen molar-refractivity contribution in [2.24, 2.45) is 5.16 Å². The molecule has 0 bridgehead atoms. The topological polar surface area (TPSA) is 68.2 Å². The smallest absolute Gasteiger partial charge is 0.417 e.